The molecule has 1 aliphatic carbocycles. The Morgan fingerprint density at radius 3 is 2.65 bits per heavy atom. The molecule has 1 aliphatic rings. The molecular weight excluding hydrogens is 309 g/mol. The second-order valence-corrected chi connectivity index (χ2v) is 6.04. The van der Waals surface area contributed by atoms with E-state index in [2.05, 4.69) is 5.32 Å². The summed E-state index contributed by atoms with van der Waals surface area (Å²) in [5.41, 5.74) is -0.629. The van der Waals surface area contributed by atoms with Crippen LogP contribution in [0.2, 0.25) is 0 Å². The van der Waals surface area contributed by atoms with Crippen LogP contribution in [0, 0.1) is 12.8 Å². The zero-order chi connectivity index (χ0) is 17.2. The summed E-state index contributed by atoms with van der Waals surface area (Å²) in [6.07, 6.45) is -2.37. The average molecular weight is 330 g/mol. The van der Waals surface area contributed by atoms with Crippen molar-refractivity contribution in [1.82, 2.24) is 4.90 Å². The monoisotopic (exact) mass is 330 g/mol. The Kier molecular flexibility index (Phi) is 5.19. The van der Waals surface area contributed by atoms with Crippen molar-refractivity contribution >= 4 is 11.7 Å². The van der Waals surface area contributed by atoms with Crippen molar-refractivity contribution in [2.24, 2.45) is 5.92 Å². The van der Waals surface area contributed by atoms with E-state index in [1.54, 1.807) is 7.05 Å². The lowest BCUT2D eigenvalue weighted by Gasteiger charge is -2.24. The van der Waals surface area contributed by atoms with Gasteiger partial charge in [-0.1, -0.05) is 12.5 Å². The summed E-state index contributed by atoms with van der Waals surface area (Å²) >= 11 is 0. The molecule has 0 aliphatic heterocycles. The van der Waals surface area contributed by atoms with Gasteiger partial charge in [0.2, 0.25) is 0 Å². The lowest BCUT2D eigenvalue weighted by atomic mass is 10.1. The SMILES string of the molecule is Cc1c(NC(=O)N(C)CC2CCCC2O)cccc1C(F)(F)F. The number of aliphatic hydroxyl groups excluding tert-OH is 1. The van der Waals surface area contributed by atoms with Crippen molar-refractivity contribution in [3.05, 3.63) is 29.3 Å². The molecule has 7 heteroatoms. The molecule has 0 bridgehead atoms. The molecule has 0 saturated heterocycles. The van der Waals surface area contributed by atoms with E-state index >= 15 is 0 Å². The number of aliphatic hydroxyl groups is 1. The van der Waals surface area contributed by atoms with Gasteiger partial charge in [-0.15, -0.1) is 0 Å². The number of anilines is 1. The molecule has 2 atom stereocenters. The van der Waals surface area contributed by atoms with Gasteiger partial charge in [-0.25, -0.2) is 4.79 Å². The minimum atomic E-state index is -4.45. The number of hydrogen-bond acceptors (Lipinski definition) is 2. The van der Waals surface area contributed by atoms with E-state index in [-0.39, 0.29) is 17.2 Å². The summed E-state index contributed by atoms with van der Waals surface area (Å²) in [4.78, 5) is 13.6. The lowest BCUT2D eigenvalue weighted by Crippen LogP contribution is -2.37. The second kappa shape index (κ2) is 6.78. The highest BCUT2D eigenvalue weighted by atomic mass is 19.4. The maximum absolute atomic E-state index is 12.9. The van der Waals surface area contributed by atoms with Gasteiger partial charge in [0.05, 0.1) is 11.7 Å². The lowest BCUT2D eigenvalue weighted by molar-refractivity contribution is -0.138. The molecule has 2 unspecified atom stereocenters. The summed E-state index contributed by atoms with van der Waals surface area (Å²) in [7, 11) is 1.57. The summed E-state index contributed by atoms with van der Waals surface area (Å²) in [5, 5.41) is 12.3. The first kappa shape index (κ1) is 17.6. The molecule has 1 aromatic rings. The number of benzene rings is 1. The van der Waals surface area contributed by atoms with Crippen LogP contribution in [0.5, 0.6) is 0 Å². The van der Waals surface area contributed by atoms with Crippen LogP contribution >= 0.6 is 0 Å². The van der Waals surface area contributed by atoms with Gasteiger partial charge in [0.15, 0.2) is 0 Å². The van der Waals surface area contributed by atoms with E-state index in [4.69, 9.17) is 0 Å². The quantitative estimate of drug-likeness (QED) is 0.889. The number of alkyl halides is 3. The van der Waals surface area contributed by atoms with Crippen molar-refractivity contribution in [2.45, 2.75) is 38.5 Å². The minimum absolute atomic E-state index is 0.0114. The summed E-state index contributed by atoms with van der Waals surface area (Å²) in [6, 6.07) is 3.22. The molecule has 1 fully saturated rings. The summed E-state index contributed by atoms with van der Waals surface area (Å²) in [5.74, 6) is 0.0216. The van der Waals surface area contributed by atoms with Crippen LogP contribution in [0.4, 0.5) is 23.7 Å². The Hall–Kier alpha value is -1.76. The second-order valence-electron chi connectivity index (χ2n) is 6.04. The van der Waals surface area contributed by atoms with Gasteiger partial charge < -0.3 is 15.3 Å². The van der Waals surface area contributed by atoms with E-state index < -0.39 is 23.9 Å². The minimum Gasteiger partial charge on any atom is -0.393 e. The molecule has 2 N–H and O–H groups in total. The topological polar surface area (TPSA) is 52.6 Å². The molecule has 0 aromatic heterocycles. The molecular formula is C16H21F3N2O2. The van der Waals surface area contributed by atoms with Crippen LogP contribution in [0.15, 0.2) is 18.2 Å². The summed E-state index contributed by atoms with van der Waals surface area (Å²) < 4.78 is 38.7. The van der Waals surface area contributed by atoms with E-state index in [0.717, 1.165) is 25.3 Å². The smallest absolute Gasteiger partial charge is 0.393 e. The highest BCUT2D eigenvalue weighted by Gasteiger charge is 2.33. The number of halogens is 3. The first-order valence-corrected chi connectivity index (χ1v) is 7.57. The molecule has 1 saturated carbocycles. The van der Waals surface area contributed by atoms with Gasteiger partial charge in [-0.2, -0.15) is 13.2 Å². The van der Waals surface area contributed by atoms with E-state index in [1.165, 1.54) is 24.0 Å². The number of nitrogens with zero attached hydrogens (tertiary/aromatic N) is 1. The van der Waals surface area contributed by atoms with Gasteiger partial charge in [-0.05, 0) is 37.5 Å². The zero-order valence-electron chi connectivity index (χ0n) is 13.2. The van der Waals surface area contributed by atoms with Gasteiger partial charge in [0.25, 0.3) is 0 Å². The maximum Gasteiger partial charge on any atom is 0.416 e. The molecule has 2 rings (SSSR count). The Morgan fingerprint density at radius 1 is 1.39 bits per heavy atom. The number of nitrogens with one attached hydrogen (secondary N) is 1. The Balaban J connectivity index is 2.05. The van der Waals surface area contributed by atoms with E-state index in [0.29, 0.717) is 6.54 Å². The van der Waals surface area contributed by atoms with E-state index in [9.17, 15) is 23.1 Å². The summed E-state index contributed by atoms with van der Waals surface area (Å²) in [6.45, 7) is 1.71. The molecule has 23 heavy (non-hydrogen) atoms. The largest absolute Gasteiger partial charge is 0.416 e. The average Bonchev–Trinajstić information content (AvgIpc) is 2.85. The Morgan fingerprint density at radius 2 is 2.09 bits per heavy atom. The van der Waals surface area contributed by atoms with Crippen LogP contribution in [0.25, 0.3) is 0 Å². The standard InChI is InChI=1S/C16H21F3N2O2/c1-10-12(16(17,18)19)6-4-7-13(10)20-15(23)21(2)9-11-5-3-8-14(11)22/h4,6-7,11,14,22H,3,5,8-9H2,1-2H3,(H,20,23). The van der Waals surface area contributed by atoms with Crippen LogP contribution in [0.3, 0.4) is 0 Å². The third-order valence-electron chi connectivity index (χ3n) is 4.35. The number of carbonyl (C=O) groups is 1. The number of amides is 2. The van der Waals surface area contributed by atoms with Crippen molar-refractivity contribution in [1.29, 1.82) is 0 Å². The van der Waals surface area contributed by atoms with Gasteiger partial charge >= 0.3 is 12.2 Å². The molecule has 0 radical (unpaired) electrons. The van der Waals surface area contributed by atoms with E-state index in [1.807, 2.05) is 0 Å². The Labute approximate surface area is 133 Å². The fraction of sp³-hybridized carbons (Fsp3) is 0.562. The fourth-order valence-electron chi connectivity index (χ4n) is 2.95. The number of carbonyl (C=O) groups excluding carboxylic acids is 1. The van der Waals surface area contributed by atoms with Crippen molar-refractivity contribution < 1.29 is 23.1 Å². The predicted octanol–water partition coefficient (Wildman–Crippen LogP) is 3.64. The highest BCUT2D eigenvalue weighted by molar-refractivity contribution is 5.90. The number of urea groups is 1. The fourth-order valence-corrected chi connectivity index (χ4v) is 2.95. The third-order valence-corrected chi connectivity index (χ3v) is 4.35. The first-order chi connectivity index (χ1) is 10.7. The molecule has 1 aromatic carbocycles. The van der Waals surface area contributed by atoms with Crippen LogP contribution < -0.4 is 5.32 Å². The van der Waals surface area contributed by atoms with Gasteiger partial charge in [-0.3, -0.25) is 0 Å². The first-order valence-electron chi connectivity index (χ1n) is 7.57. The van der Waals surface area contributed by atoms with Crippen molar-refractivity contribution in [3.63, 3.8) is 0 Å². The maximum atomic E-state index is 12.9. The van der Waals surface area contributed by atoms with Crippen LogP contribution in [-0.4, -0.2) is 35.7 Å². The predicted molar refractivity (Wildman–Crippen MR) is 81.2 cm³/mol. The number of rotatable bonds is 3. The van der Waals surface area contributed by atoms with Crippen molar-refractivity contribution in [2.75, 3.05) is 18.9 Å². The molecule has 0 heterocycles. The molecule has 2 amide bonds. The van der Waals surface area contributed by atoms with Crippen LogP contribution in [0.1, 0.15) is 30.4 Å². The Bertz CT molecular complexity index is 575. The van der Waals surface area contributed by atoms with Gasteiger partial charge in [0.1, 0.15) is 0 Å². The molecule has 128 valence electrons. The van der Waals surface area contributed by atoms with Gasteiger partial charge in [0, 0.05) is 25.2 Å². The van der Waals surface area contributed by atoms with Crippen LogP contribution in [-0.2, 0) is 6.18 Å². The zero-order valence-corrected chi connectivity index (χ0v) is 13.2. The van der Waals surface area contributed by atoms with Crippen molar-refractivity contribution in [3.8, 4) is 0 Å². The number of hydrogen-bond donors (Lipinski definition) is 2. The molecule has 0 spiro atoms. The normalized spacial score (nSPS) is 21.3. The third kappa shape index (κ3) is 4.16. The highest BCUT2D eigenvalue weighted by Crippen LogP contribution is 2.34. The molecule has 4 nitrogen and oxygen atoms in total.